The van der Waals surface area contributed by atoms with Gasteiger partial charge in [0.15, 0.2) is 0 Å². The zero-order valence-corrected chi connectivity index (χ0v) is 10.2. The van der Waals surface area contributed by atoms with E-state index >= 15 is 0 Å². The summed E-state index contributed by atoms with van der Waals surface area (Å²) in [4.78, 5) is 15.1. The molecule has 17 heavy (non-hydrogen) atoms. The van der Waals surface area contributed by atoms with Gasteiger partial charge < -0.3 is 0 Å². The minimum atomic E-state index is -0.335. The van der Waals surface area contributed by atoms with Gasteiger partial charge in [-0.05, 0) is 37.5 Å². The molecule has 0 aliphatic heterocycles. The van der Waals surface area contributed by atoms with Crippen LogP contribution in [-0.4, -0.2) is 9.91 Å². The fourth-order valence-electron chi connectivity index (χ4n) is 2.11. The van der Waals surface area contributed by atoms with E-state index in [0.717, 1.165) is 28.8 Å². The van der Waals surface area contributed by atoms with Crippen LogP contribution in [0.25, 0.3) is 10.9 Å². The van der Waals surface area contributed by atoms with Crippen LogP contribution in [0.15, 0.2) is 18.2 Å². The third-order valence-corrected chi connectivity index (χ3v) is 2.93. The van der Waals surface area contributed by atoms with Crippen molar-refractivity contribution < 1.29 is 4.92 Å². The van der Waals surface area contributed by atoms with Crippen molar-refractivity contribution >= 4 is 16.6 Å². The molecule has 2 rings (SSSR count). The molecule has 4 nitrogen and oxygen atoms in total. The monoisotopic (exact) mass is 230 g/mol. The predicted molar refractivity (Wildman–Crippen MR) is 67.2 cm³/mol. The average Bonchev–Trinajstić information content (AvgIpc) is 2.29. The van der Waals surface area contributed by atoms with Gasteiger partial charge in [0.25, 0.3) is 5.69 Å². The van der Waals surface area contributed by atoms with Gasteiger partial charge in [-0.25, -0.2) is 0 Å². The molecule has 1 aromatic heterocycles. The van der Waals surface area contributed by atoms with Gasteiger partial charge in [0.1, 0.15) is 0 Å². The third-order valence-electron chi connectivity index (χ3n) is 2.93. The van der Waals surface area contributed by atoms with E-state index < -0.39 is 0 Å². The van der Waals surface area contributed by atoms with E-state index in [2.05, 4.69) is 4.98 Å². The molecule has 2 aromatic rings. The summed E-state index contributed by atoms with van der Waals surface area (Å²) < 4.78 is 0. The molecule has 0 atom stereocenters. The Hall–Kier alpha value is -1.97. The number of benzene rings is 1. The molecule has 0 unspecified atom stereocenters. The number of nitrogens with zero attached hydrogens (tertiary/aromatic N) is 2. The van der Waals surface area contributed by atoms with Gasteiger partial charge in [-0.2, -0.15) is 0 Å². The van der Waals surface area contributed by atoms with E-state index in [-0.39, 0.29) is 10.6 Å². The Bertz CT molecular complexity index is 606. The first-order chi connectivity index (χ1) is 8.04. The number of hydrogen-bond donors (Lipinski definition) is 0. The van der Waals surface area contributed by atoms with E-state index in [1.54, 1.807) is 12.1 Å². The highest BCUT2D eigenvalue weighted by Crippen LogP contribution is 2.30. The molecule has 0 amide bonds. The second-order valence-corrected chi connectivity index (χ2v) is 4.16. The maximum Gasteiger partial charge on any atom is 0.279 e. The van der Waals surface area contributed by atoms with E-state index in [9.17, 15) is 10.1 Å². The minimum absolute atomic E-state index is 0.148. The van der Waals surface area contributed by atoms with Gasteiger partial charge in [-0.3, -0.25) is 15.1 Å². The van der Waals surface area contributed by atoms with Crippen molar-refractivity contribution in [1.29, 1.82) is 0 Å². The Morgan fingerprint density at radius 3 is 2.65 bits per heavy atom. The molecule has 0 saturated carbocycles. The second-order valence-electron chi connectivity index (χ2n) is 4.16. The summed E-state index contributed by atoms with van der Waals surface area (Å²) in [6.07, 6.45) is 0.768. The summed E-state index contributed by atoms with van der Waals surface area (Å²) in [5.74, 6) is 0. The van der Waals surface area contributed by atoms with Crippen molar-refractivity contribution in [3.8, 4) is 0 Å². The summed E-state index contributed by atoms with van der Waals surface area (Å²) in [6, 6.07) is 5.24. The first-order valence-electron chi connectivity index (χ1n) is 5.58. The summed E-state index contributed by atoms with van der Waals surface area (Å²) in [5, 5.41) is 11.7. The van der Waals surface area contributed by atoms with Crippen LogP contribution in [0.4, 0.5) is 5.69 Å². The van der Waals surface area contributed by atoms with Crippen molar-refractivity contribution in [2.75, 3.05) is 0 Å². The van der Waals surface area contributed by atoms with Crippen molar-refractivity contribution in [3.05, 3.63) is 45.1 Å². The van der Waals surface area contributed by atoms with Crippen LogP contribution < -0.4 is 0 Å². The number of aryl methyl sites for hydroxylation is 3. The number of nitro benzene ring substituents is 1. The van der Waals surface area contributed by atoms with Crippen LogP contribution in [0.3, 0.4) is 0 Å². The van der Waals surface area contributed by atoms with Crippen LogP contribution >= 0.6 is 0 Å². The number of fused-ring (bicyclic) bond motifs is 1. The van der Waals surface area contributed by atoms with Crippen LogP contribution in [0.5, 0.6) is 0 Å². The Kier molecular flexibility index (Phi) is 2.79. The van der Waals surface area contributed by atoms with Gasteiger partial charge in [0.2, 0.25) is 0 Å². The molecule has 4 heteroatoms. The quantitative estimate of drug-likeness (QED) is 0.587. The van der Waals surface area contributed by atoms with Gasteiger partial charge >= 0.3 is 0 Å². The maximum atomic E-state index is 11.1. The first-order valence-corrected chi connectivity index (χ1v) is 5.58. The summed E-state index contributed by atoms with van der Waals surface area (Å²) in [6.45, 7) is 5.84. The lowest BCUT2D eigenvalue weighted by Gasteiger charge is -2.08. The Morgan fingerprint density at radius 1 is 1.35 bits per heavy atom. The van der Waals surface area contributed by atoms with Gasteiger partial charge in [-0.1, -0.05) is 13.0 Å². The fraction of sp³-hybridized carbons (Fsp3) is 0.308. The van der Waals surface area contributed by atoms with Gasteiger partial charge in [0, 0.05) is 11.8 Å². The molecule has 0 spiro atoms. The highest BCUT2D eigenvalue weighted by Gasteiger charge is 2.17. The zero-order chi connectivity index (χ0) is 12.6. The normalized spacial score (nSPS) is 10.8. The number of nitro groups is 1. The SMILES string of the molecule is CCc1cc(C)nc2c(C)ccc([N+](=O)[O-])c12. The minimum Gasteiger partial charge on any atom is -0.258 e. The predicted octanol–water partition coefficient (Wildman–Crippen LogP) is 3.32. The second kappa shape index (κ2) is 4.13. The van der Waals surface area contributed by atoms with Crippen molar-refractivity contribution in [3.63, 3.8) is 0 Å². The van der Waals surface area contributed by atoms with Gasteiger partial charge in [-0.15, -0.1) is 0 Å². The number of aromatic nitrogens is 1. The molecule has 0 aliphatic carbocycles. The number of rotatable bonds is 2. The average molecular weight is 230 g/mol. The molecule has 0 N–H and O–H groups in total. The highest BCUT2D eigenvalue weighted by molar-refractivity contribution is 5.93. The van der Waals surface area contributed by atoms with E-state index in [0.29, 0.717) is 5.39 Å². The summed E-state index contributed by atoms with van der Waals surface area (Å²) >= 11 is 0. The smallest absolute Gasteiger partial charge is 0.258 e. The van der Waals surface area contributed by atoms with Crippen LogP contribution in [-0.2, 0) is 6.42 Å². The Morgan fingerprint density at radius 2 is 2.06 bits per heavy atom. The fourth-order valence-corrected chi connectivity index (χ4v) is 2.11. The molecular formula is C13H14N2O2. The summed E-state index contributed by atoms with van der Waals surface area (Å²) in [7, 11) is 0. The van der Waals surface area contributed by atoms with Crippen molar-refractivity contribution in [1.82, 2.24) is 4.98 Å². The molecule has 0 fully saturated rings. The Balaban J connectivity index is 2.97. The largest absolute Gasteiger partial charge is 0.279 e. The first kappa shape index (κ1) is 11.5. The standard InChI is InChI=1S/C13H14N2O2/c1-4-10-7-9(3)14-13-8(2)5-6-11(12(10)13)15(16)17/h5-7H,4H2,1-3H3. The lowest BCUT2D eigenvalue weighted by Crippen LogP contribution is -1.98. The van der Waals surface area contributed by atoms with Crippen LogP contribution in [0.2, 0.25) is 0 Å². The highest BCUT2D eigenvalue weighted by atomic mass is 16.6. The lowest BCUT2D eigenvalue weighted by atomic mass is 10.0. The Labute approximate surface area is 99.4 Å². The molecular weight excluding hydrogens is 216 g/mol. The molecule has 0 aliphatic rings. The van der Waals surface area contributed by atoms with Crippen LogP contribution in [0, 0.1) is 24.0 Å². The molecule has 0 saturated heterocycles. The lowest BCUT2D eigenvalue weighted by molar-refractivity contribution is -0.383. The molecule has 1 aromatic carbocycles. The number of hydrogen-bond acceptors (Lipinski definition) is 3. The maximum absolute atomic E-state index is 11.1. The third kappa shape index (κ3) is 1.86. The topological polar surface area (TPSA) is 56.0 Å². The number of pyridine rings is 1. The molecule has 1 heterocycles. The van der Waals surface area contributed by atoms with Crippen molar-refractivity contribution in [2.24, 2.45) is 0 Å². The number of non-ortho nitro benzene ring substituents is 1. The van der Waals surface area contributed by atoms with Gasteiger partial charge in [0.05, 0.1) is 15.8 Å². The van der Waals surface area contributed by atoms with Crippen LogP contribution in [0.1, 0.15) is 23.7 Å². The molecule has 0 bridgehead atoms. The summed E-state index contributed by atoms with van der Waals surface area (Å²) in [5.41, 5.74) is 3.76. The molecule has 88 valence electrons. The van der Waals surface area contributed by atoms with Crippen molar-refractivity contribution in [2.45, 2.75) is 27.2 Å². The molecule has 0 radical (unpaired) electrons. The van der Waals surface area contributed by atoms with E-state index in [4.69, 9.17) is 0 Å². The van der Waals surface area contributed by atoms with E-state index in [1.807, 2.05) is 26.8 Å². The van der Waals surface area contributed by atoms with E-state index in [1.165, 1.54) is 0 Å². The zero-order valence-electron chi connectivity index (χ0n) is 10.2.